The third-order valence-corrected chi connectivity index (χ3v) is 13.5. The van der Waals surface area contributed by atoms with E-state index >= 15 is 4.79 Å². The highest BCUT2D eigenvalue weighted by molar-refractivity contribution is 8.16. The molecule has 9 rings (SSSR count). The lowest BCUT2D eigenvalue weighted by Crippen LogP contribution is -2.62. The minimum absolute atomic E-state index is 0.0140. The number of aliphatic imine (C=N–C) groups is 1. The van der Waals surface area contributed by atoms with Crippen LogP contribution < -0.4 is 5.32 Å². The first-order valence-corrected chi connectivity index (χ1v) is 18.3. The number of halogens is 1. The zero-order chi connectivity index (χ0) is 30.3. The summed E-state index contributed by atoms with van der Waals surface area (Å²) in [7, 11) is 0. The molecule has 3 aromatic carbocycles. The Labute approximate surface area is 276 Å². The first-order chi connectivity index (χ1) is 22.1. The number of carbonyl (C=O) groups is 2. The van der Waals surface area contributed by atoms with Gasteiger partial charge < -0.3 is 5.32 Å². The summed E-state index contributed by atoms with van der Waals surface area (Å²) in [5.41, 5.74) is 5.02. The van der Waals surface area contributed by atoms with Crippen LogP contribution in [-0.4, -0.2) is 49.2 Å². The Hall–Kier alpha value is -3.04. The van der Waals surface area contributed by atoms with E-state index in [1.165, 1.54) is 18.4 Å². The van der Waals surface area contributed by atoms with E-state index in [1.807, 2.05) is 53.1 Å². The van der Waals surface area contributed by atoms with Crippen LogP contribution in [0.15, 0.2) is 95.1 Å². The molecule has 5 aliphatic heterocycles. The highest BCUT2D eigenvalue weighted by Gasteiger charge is 2.82. The summed E-state index contributed by atoms with van der Waals surface area (Å²) in [6.45, 7) is 0. The summed E-state index contributed by atoms with van der Waals surface area (Å²) in [5.74, 6) is 1.13. The van der Waals surface area contributed by atoms with E-state index in [0.717, 1.165) is 64.7 Å². The summed E-state index contributed by atoms with van der Waals surface area (Å²) >= 11 is 9.81. The van der Waals surface area contributed by atoms with Gasteiger partial charge in [0, 0.05) is 45.6 Å². The van der Waals surface area contributed by atoms with Crippen LogP contribution in [-0.2, 0) is 15.1 Å². The van der Waals surface area contributed by atoms with Crippen LogP contribution >= 0.6 is 35.1 Å². The maximum atomic E-state index is 15.9. The Kier molecular flexibility index (Phi) is 6.57. The first kappa shape index (κ1) is 28.2. The number of allylic oxidation sites excluding steroid dienone is 1. The molecule has 0 saturated carbocycles. The lowest BCUT2D eigenvalue weighted by molar-refractivity contribution is -0.139. The van der Waals surface area contributed by atoms with Gasteiger partial charge in [0.15, 0.2) is 10.7 Å². The summed E-state index contributed by atoms with van der Waals surface area (Å²) in [4.78, 5) is 40.5. The van der Waals surface area contributed by atoms with Gasteiger partial charge in [0.25, 0.3) is 5.91 Å². The van der Waals surface area contributed by atoms with Gasteiger partial charge in [-0.15, -0.1) is 11.8 Å². The van der Waals surface area contributed by atoms with Crippen LogP contribution in [0.25, 0.3) is 0 Å². The van der Waals surface area contributed by atoms with Gasteiger partial charge in [0.05, 0.1) is 6.04 Å². The minimum atomic E-state index is -1.20. The Morgan fingerprint density at radius 2 is 1.62 bits per heavy atom. The second kappa shape index (κ2) is 10.5. The van der Waals surface area contributed by atoms with Crippen molar-refractivity contribution >= 4 is 57.8 Å². The number of nitrogens with zero attached hydrogens (tertiary/aromatic N) is 3. The second-order valence-electron chi connectivity index (χ2n) is 12.9. The molecule has 0 aromatic heterocycles. The molecule has 3 aromatic rings. The van der Waals surface area contributed by atoms with Crippen LogP contribution in [0.3, 0.4) is 0 Å². The largest absolute Gasteiger partial charge is 0.324 e. The van der Waals surface area contributed by atoms with Gasteiger partial charge >= 0.3 is 0 Å². The van der Waals surface area contributed by atoms with Gasteiger partial charge in [0.2, 0.25) is 5.91 Å². The number of fused-ring (bicyclic) bond motifs is 6. The molecule has 228 valence electrons. The van der Waals surface area contributed by atoms with Gasteiger partial charge in [-0.05, 0) is 60.6 Å². The quantitative estimate of drug-likeness (QED) is 0.308. The number of nitrogens with one attached hydrogen (secondary N) is 1. The molecule has 5 atom stereocenters. The Bertz CT molecular complexity index is 1800. The molecule has 0 bridgehead atoms. The summed E-state index contributed by atoms with van der Waals surface area (Å²) in [6, 6.07) is 26.1. The van der Waals surface area contributed by atoms with E-state index in [-0.39, 0.29) is 29.8 Å². The number of rotatable bonds is 2. The molecule has 3 saturated heterocycles. The zero-order valence-electron chi connectivity index (χ0n) is 24.7. The van der Waals surface area contributed by atoms with E-state index in [9.17, 15) is 4.79 Å². The van der Waals surface area contributed by atoms with Crippen molar-refractivity contribution in [3.8, 4) is 0 Å². The van der Waals surface area contributed by atoms with Gasteiger partial charge in [-0.1, -0.05) is 96.9 Å². The molecular weight excluding hydrogens is 620 g/mol. The minimum Gasteiger partial charge on any atom is -0.324 e. The fraction of sp³-hybridized carbons (Fsp3) is 0.361. The molecule has 2 amide bonds. The third-order valence-electron chi connectivity index (χ3n) is 10.7. The molecule has 3 fully saturated rings. The Morgan fingerprint density at radius 3 is 2.44 bits per heavy atom. The van der Waals surface area contributed by atoms with E-state index in [1.54, 1.807) is 11.8 Å². The predicted molar refractivity (Wildman–Crippen MR) is 182 cm³/mol. The first-order valence-electron chi connectivity index (χ1n) is 15.9. The molecule has 6 nitrogen and oxygen atoms in total. The summed E-state index contributed by atoms with van der Waals surface area (Å²) in [6.07, 6.45) is 6.42. The fourth-order valence-electron chi connectivity index (χ4n) is 8.99. The molecule has 0 radical (unpaired) electrons. The van der Waals surface area contributed by atoms with Crippen molar-refractivity contribution in [3.63, 3.8) is 0 Å². The average Bonchev–Trinajstić information content (AvgIpc) is 3.76. The van der Waals surface area contributed by atoms with E-state index in [2.05, 4.69) is 52.7 Å². The van der Waals surface area contributed by atoms with Gasteiger partial charge in [-0.3, -0.25) is 19.4 Å². The van der Waals surface area contributed by atoms with Crippen molar-refractivity contribution in [1.29, 1.82) is 0 Å². The van der Waals surface area contributed by atoms with Crippen LogP contribution in [0.2, 0.25) is 5.02 Å². The maximum Gasteiger partial charge on any atom is 0.251 e. The summed E-state index contributed by atoms with van der Waals surface area (Å²) in [5, 5.41) is 4.63. The molecule has 5 heterocycles. The molecule has 1 N–H and O–H groups in total. The van der Waals surface area contributed by atoms with Crippen molar-refractivity contribution < 1.29 is 9.59 Å². The third kappa shape index (κ3) is 3.74. The number of amides is 2. The van der Waals surface area contributed by atoms with Gasteiger partial charge in [-0.25, -0.2) is 4.99 Å². The smallest absolute Gasteiger partial charge is 0.251 e. The molecule has 1 aliphatic carbocycles. The van der Waals surface area contributed by atoms with Gasteiger partial charge in [0.1, 0.15) is 4.75 Å². The van der Waals surface area contributed by atoms with Crippen molar-refractivity contribution in [2.75, 3.05) is 16.9 Å². The fourth-order valence-corrected chi connectivity index (χ4v) is 12.2. The lowest BCUT2D eigenvalue weighted by Gasteiger charge is -2.43. The topological polar surface area (TPSA) is 65.0 Å². The molecular formula is C36H33ClN4O2S2. The van der Waals surface area contributed by atoms with Crippen molar-refractivity contribution in [3.05, 3.63) is 112 Å². The normalized spacial score (nSPS) is 32.2. The van der Waals surface area contributed by atoms with Crippen LogP contribution in [0, 0.1) is 0 Å². The van der Waals surface area contributed by atoms with E-state index < -0.39 is 10.3 Å². The average molecular weight is 653 g/mol. The van der Waals surface area contributed by atoms with Crippen LogP contribution in [0.1, 0.15) is 67.2 Å². The maximum absolute atomic E-state index is 15.9. The molecule has 5 unspecified atom stereocenters. The molecule has 2 spiro atoms. The number of amidine groups is 1. The Morgan fingerprint density at radius 1 is 0.867 bits per heavy atom. The number of thioether (sulfide) groups is 2. The van der Waals surface area contributed by atoms with Gasteiger partial charge in [-0.2, -0.15) is 0 Å². The highest BCUT2D eigenvalue weighted by Crippen LogP contribution is 2.71. The zero-order valence-corrected chi connectivity index (χ0v) is 27.1. The van der Waals surface area contributed by atoms with Crippen molar-refractivity contribution in [2.45, 2.75) is 66.8 Å². The molecule has 6 aliphatic rings. The predicted octanol–water partition coefficient (Wildman–Crippen LogP) is 7.69. The number of benzene rings is 3. The number of hydrogen-bond donors (Lipinski definition) is 1. The lowest BCUT2D eigenvalue weighted by atomic mass is 9.70. The number of para-hydroxylation sites is 1. The Balaban J connectivity index is 1.32. The van der Waals surface area contributed by atoms with E-state index in [0.29, 0.717) is 10.9 Å². The SMILES string of the molecule is O=C1N2C(=NC3=C(CCCCCC3)C2c2ccccc2)SC12C(c1ccc(Cl)cc1)C1CSCN1C21C(=O)Nc2ccccc21. The number of anilines is 1. The second-order valence-corrected chi connectivity index (χ2v) is 15.5. The molecule has 45 heavy (non-hydrogen) atoms. The standard InChI is InChI=1S/C36H33ClN4O2S2/c37-24-18-16-22(17-19-24)30-29-20-44-21-40(29)35(26-13-8-9-15-28(26)38-32(35)42)36(30)33(43)41-31(23-10-4-3-5-11-23)25-12-6-1-2-7-14-27(25)39-34(41)45-36/h3-5,8-11,13,15-19,29-31H,1-2,6-7,12,14,20-21H2,(H,38,42). The highest BCUT2D eigenvalue weighted by atomic mass is 35.5. The van der Waals surface area contributed by atoms with E-state index in [4.69, 9.17) is 16.6 Å². The van der Waals surface area contributed by atoms with Crippen molar-refractivity contribution in [2.24, 2.45) is 4.99 Å². The van der Waals surface area contributed by atoms with Crippen LogP contribution in [0.5, 0.6) is 0 Å². The number of hydrogen-bond acceptors (Lipinski definition) is 6. The van der Waals surface area contributed by atoms with Crippen molar-refractivity contribution in [1.82, 2.24) is 9.80 Å². The monoisotopic (exact) mass is 652 g/mol. The van der Waals surface area contributed by atoms with Crippen LogP contribution in [0.4, 0.5) is 5.69 Å². The summed E-state index contributed by atoms with van der Waals surface area (Å²) < 4.78 is -1.17. The molecule has 9 heteroatoms. The number of carbonyl (C=O) groups excluding carboxylic acids is 2.